The maximum absolute atomic E-state index is 12.4. The van der Waals surface area contributed by atoms with Gasteiger partial charge in [0.1, 0.15) is 6.54 Å². The first-order valence-corrected chi connectivity index (χ1v) is 7.46. The van der Waals surface area contributed by atoms with Crippen LogP contribution < -0.4 is 5.32 Å². The van der Waals surface area contributed by atoms with Crippen molar-refractivity contribution in [1.29, 1.82) is 0 Å². The summed E-state index contributed by atoms with van der Waals surface area (Å²) in [5, 5.41) is 11.6. The number of thioether (sulfide) groups is 1. The number of hydrogen-bond acceptors (Lipinski definition) is 4. The Hall–Kier alpha value is -2.02. The molecule has 112 valence electrons. The van der Waals surface area contributed by atoms with Crippen LogP contribution in [0, 0.1) is 0 Å². The van der Waals surface area contributed by atoms with Crippen molar-refractivity contribution in [2.24, 2.45) is 0 Å². The van der Waals surface area contributed by atoms with E-state index in [2.05, 4.69) is 5.32 Å². The quantitative estimate of drug-likeness (QED) is 0.883. The average molecular weight is 308 g/mol. The molecule has 1 aliphatic rings. The first-order valence-electron chi connectivity index (χ1n) is 6.48. The molecule has 0 radical (unpaired) electrons. The summed E-state index contributed by atoms with van der Waals surface area (Å²) in [6, 6.07) is 4.79. The molecule has 0 saturated carbocycles. The van der Waals surface area contributed by atoms with E-state index in [0.717, 1.165) is 4.90 Å². The van der Waals surface area contributed by atoms with Crippen LogP contribution in [0.15, 0.2) is 23.1 Å². The molecule has 2 N–H and O–H groups in total. The monoisotopic (exact) mass is 308 g/mol. The zero-order valence-electron chi connectivity index (χ0n) is 11.8. The number of hydrogen-bond donors (Lipinski definition) is 2. The van der Waals surface area contributed by atoms with Gasteiger partial charge in [-0.25, -0.2) is 0 Å². The Morgan fingerprint density at radius 2 is 2.14 bits per heavy atom. The number of anilines is 1. The summed E-state index contributed by atoms with van der Waals surface area (Å²) in [6.45, 7) is 3.17. The van der Waals surface area contributed by atoms with Crippen molar-refractivity contribution in [3.63, 3.8) is 0 Å². The fourth-order valence-corrected chi connectivity index (χ4v) is 2.81. The van der Waals surface area contributed by atoms with E-state index in [1.54, 1.807) is 32.0 Å². The van der Waals surface area contributed by atoms with Crippen LogP contribution in [-0.4, -0.2) is 46.1 Å². The molecule has 0 atom stereocenters. The van der Waals surface area contributed by atoms with Crippen molar-refractivity contribution in [1.82, 2.24) is 4.90 Å². The predicted molar refractivity (Wildman–Crippen MR) is 79.6 cm³/mol. The van der Waals surface area contributed by atoms with Gasteiger partial charge in [0.05, 0.1) is 11.4 Å². The summed E-state index contributed by atoms with van der Waals surface area (Å²) in [5.41, 5.74) is 0.965. The molecular weight excluding hydrogens is 292 g/mol. The number of carbonyl (C=O) groups is 3. The molecule has 1 aromatic rings. The number of carboxylic acid groups (broad SMARTS) is 1. The second-order valence-electron chi connectivity index (χ2n) is 4.97. The van der Waals surface area contributed by atoms with Crippen molar-refractivity contribution in [2.45, 2.75) is 24.8 Å². The first-order chi connectivity index (χ1) is 9.88. The van der Waals surface area contributed by atoms with E-state index in [-0.39, 0.29) is 24.4 Å². The first kappa shape index (κ1) is 15.4. The SMILES string of the molecule is CC(C)N(CC(=O)O)C(=O)c1ccc2c(c1)NC(=O)CS2. The van der Waals surface area contributed by atoms with Crippen LogP contribution in [0.3, 0.4) is 0 Å². The normalized spacial score (nSPS) is 13.6. The Morgan fingerprint density at radius 3 is 2.76 bits per heavy atom. The third-order valence-electron chi connectivity index (χ3n) is 3.05. The molecule has 0 spiro atoms. The summed E-state index contributed by atoms with van der Waals surface area (Å²) in [7, 11) is 0. The largest absolute Gasteiger partial charge is 0.480 e. The van der Waals surface area contributed by atoms with Gasteiger partial charge in [-0.2, -0.15) is 0 Å². The highest BCUT2D eigenvalue weighted by Crippen LogP contribution is 2.32. The predicted octanol–water partition coefficient (Wildman–Crippen LogP) is 1.67. The lowest BCUT2D eigenvalue weighted by Gasteiger charge is -2.25. The second kappa shape index (κ2) is 6.17. The minimum absolute atomic E-state index is 0.108. The zero-order chi connectivity index (χ0) is 15.6. The molecule has 7 heteroatoms. The molecule has 6 nitrogen and oxygen atoms in total. The van der Waals surface area contributed by atoms with Gasteiger partial charge in [0.25, 0.3) is 5.91 Å². The van der Waals surface area contributed by atoms with Crippen molar-refractivity contribution in [2.75, 3.05) is 17.6 Å². The number of fused-ring (bicyclic) bond motifs is 1. The van der Waals surface area contributed by atoms with Crippen molar-refractivity contribution >= 4 is 35.2 Å². The number of nitrogens with one attached hydrogen (secondary N) is 1. The van der Waals surface area contributed by atoms with Crippen LogP contribution in [0.2, 0.25) is 0 Å². The molecule has 0 aromatic heterocycles. The molecular formula is C14H16N2O4S. The molecule has 2 amide bonds. The fraction of sp³-hybridized carbons (Fsp3) is 0.357. The molecule has 1 heterocycles. The van der Waals surface area contributed by atoms with Crippen molar-refractivity contribution in [3.8, 4) is 0 Å². The number of nitrogens with zero attached hydrogens (tertiary/aromatic N) is 1. The van der Waals surface area contributed by atoms with E-state index in [9.17, 15) is 14.4 Å². The van der Waals surface area contributed by atoms with Gasteiger partial charge < -0.3 is 15.3 Å². The molecule has 21 heavy (non-hydrogen) atoms. The Labute approximate surface area is 126 Å². The van der Waals surface area contributed by atoms with Crippen LogP contribution in [-0.2, 0) is 9.59 Å². The third-order valence-corrected chi connectivity index (χ3v) is 4.12. The number of rotatable bonds is 4. The maximum Gasteiger partial charge on any atom is 0.323 e. The van der Waals surface area contributed by atoms with Gasteiger partial charge >= 0.3 is 5.97 Å². The van der Waals surface area contributed by atoms with Crippen LogP contribution in [0.4, 0.5) is 5.69 Å². The molecule has 0 unspecified atom stereocenters. The van der Waals surface area contributed by atoms with Gasteiger partial charge in [-0.15, -0.1) is 11.8 Å². The minimum atomic E-state index is -1.06. The summed E-state index contributed by atoms with van der Waals surface area (Å²) in [6.07, 6.45) is 0. The summed E-state index contributed by atoms with van der Waals surface area (Å²) < 4.78 is 0. The number of amides is 2. The van der Waals surface area contributed by atoms with Gasteiger partial charge in [0.15, 0.2) is 0 Å². The van der Waals surface area contributed by atoms with Crippen molar-refractivity contribution < 1.29 is 19.5 Å². The lowest BCUT2D eigenvalue weighted by Crippen LogP contribution is -2.40. The number of carbonyl (C=O) groups excluding carboxylic acids is 2. The Bertz CT molecular complexity index is 601. The number of benzene rings is 1. The van der Waals surface area contributed by atoms with E-state index >= 15 is 0 Å². The zero-order valence-corrected chi connectivity index (χ0v) is 12.6. The smallest absolute Gasteiger partial charge is 0.323 e. The van der Waals surface area contributed by atoms with Crippen LogP contribution >= 0.6 is 11.8 Å². The highest BCUT2D eigenvalue weighted by Gasteiger charge is 2.23. The fourth-order valence-electron chi connectivity index (χ4n) is 2.02. The Balaban J connectivity index is 2.28. The van der Waals surface area contributed by atoms with Gasteiger partial charge in [-0.1, -0.05) is 0 Å². The summed E-state index contributed by atoms with van der Waals surface area (Å²) in [5.74, 6) is -1.17. The van der Waals surface area contributed by atoms with Crippen molar-refractivity contribution in [3.05, 3.63) is 23.8 Å². The maximum atomic E-state index is 12.4. The molecule has 0 aliphatic carbocycles. The summed E-state index contributed by atoms with van der Waals surface area (Å²) >= 11 is 1.41. The summed E-state index contributed by atoms with van der Waals surface area (Å²) in [4.78, 5) is 36.9. The van der Waals surface area contributed by atoms with E-state index in [1.165, 1.54) is 16.7 Å². The van der Waals surface area contributed by atoms with Crippen LogP contribution in [0.1, 0.15) is 24.2 Å². The van der Waals surface area contributed by atoms with Gasteiger partial charge in [-0.05, 0) is 32.0 Å². The van der Waals surface area contributed by atoms with E-state index in [1.807, 2.05) is 0 Å². The number of aliphatic carboxylic acids is 1. The van der Waals surface area contributed by atoms with Gasteiger partial charge in [-0.3, -0.25) is 14.4 Å². The molecule has 1 aliphatic heterocycles. The molecule has 1 aromatic carbocycles. The highest BCUT2D eigenvalue weighted by atomic mass is 32.2. The Kier molecular flexibility index (Phi) is 4.52. The van der Waals surface area contributed by atoms with Crippen LogP contribution in [0.5, 0.6) is 0 Å². The molecule has 0 fully saturated rings. The number of carboxylic acids is 1. The minimum Gasteiger partial charge on any atom is -0.480 e. The van der Waals surface area contributed by atoms with Gasteiger partial charge in [0.2, 0.25) is 5.91 Å². The molecule has 0 bridgehead atoms. The van der Waals surface area contributed by atoms with E-state index in [0.29, 0.717) is 17.0 Å². The average Bonchev–Trinajstić information content (AvgIpc) is 2.42. The lowest BCUT2D eigenvalue weighted by atomic mass is 10.1. The molecule has 0 saturated heterocycles. The third kappa shape index (κ3) is 3.55. The second-order valence-corrected chi connectivity index (χ2v) is 5.99. The highest BCUT2D eigenvalue weighted by molar-refractivity contribution is 8.00. The molecule has 2 rings (SSSR count). The van der Waals surface area contributed by atoms with E-state index in [4.69, 9.17) is 5.11 Å². The van der Waals surface area contributed by atoms with Gasteiger partial charge in [0, 0.05) is 16.5 Å². The van der Waals surface area contributed by atoms with E-state index < -0.39 is 5.97 Å². The van der Waals surface area contributed by atoms with Crippen LogP contribution in [0.25, 0.3) is 0 Å². The standard InChI is InChI=1S/C14H16N2O4S/c1-8(2)16(6-13(18)19)14(20)9-3-4-11-10(5-9)15-12(17)7-21-11/h3-5,8H,6-7H2,1-2H3,(H,15,17)(H,18,19). The Morgan fingerprint density at radius 1 is 1.43 bits per heavy atom. The lowest BCUT2D eigenvalue weighted by molar-refractivity contribution is -0.138. The topological polar surface area (TPSA) is 86.7 Å².